The second-order valence-corrected chi connectivity index (χ2v) is 6.34. The van der Waals surface area contributed by atoms with Gasteiger partial charge in [-0.15, -0.1) is 0 Å². The average molecular weight is 379 g/mol. The zero-order chi connectivity index (χ0) is 20.1. The van der Waals surface area contributed by atoms with Gasteiger partial charge in [-0.3, -0.25) is 4.79 Å². The first kappa shape index (κ1) is 19.1. The lowest BCUT2D eigenvalue weighted by molar-refractivity contribution is -0.136. The zero-order valence-electron chi connectivity index (χ0n) is 14.9. The van der Waals surface area contributed by atoms with Crippen molar-refractivity contribution in [2.75, 3.05) is 0 Å². The lowest BCUT2D eigenvalue weighted by atomic mass is 10.1. The van der Waals surface area contributed by atoms with Crippen molar-refractivity contribution in [3.63, 3.8) is 0 Å². The summed E-state index contributed by atoms with van der Waals surface area (Å²) in [5.74, 6) is -3.66. The number of benzene rings is 3. The summed E-state index contributed by atoms with van der Waals surface area (Å²) < 4.78 is 13.2. The molecule has 0 saturated heterocycles. The number of fused-ring (bicyclic) bond motifs is 1. The second-order valence-electron chi connectivity index (χ2n) is 6.34. The maximum atomic E-state index is 13.2. The van der Waals surface area contributed by atoms with Gasteiger partial charge in [0, 0.05) is 13.1 Å². The van der Waals surface area contributed by atoms with Crippen molar-refractivity contribution >= 4 is 22.6 Å². The van der Waals surface area contributed by atoms with E-state index in [1.54, 1.807) is 12.1 Å². The third-order valence-corrected chi connectivity index (χ3v) is 4.26. The molecule has 142 valence electrons. The molecule has 3 rings (SSSR count). The van der Waals surface area contributed by atoms with Gasteiger partial charge in [0.15, 0.2) is 0 Å². The van der Waals surface area contributed by atoms with Gasteiger partial charge in [0.2, 0.25) is 5.76 Å². The van der Waals surface area contributed by atoms with Gasteiger partial charge < -0.3 is 15.1 Å². The summed E-state index contributed by atoms with van der Waals surface area (Å²) in [6.07, 6.45) is 0.674. The predicted octanol–water partition coefficient (Wildman–Crippen LogP) is 4.03. The van der Waals surface area contributed by atoms with Crippen molar-refractivity contribution < 1.29 is 24.2 Å². The highest BCUT2D eigenvalue weighted by Gasteiger charge is 2.16. The van der Waals surface area contributed by atoms with Gasteiger partial charge in [0.05, 0.1) is 6.08 Å². The first-order chi connectivity index (χ1) is 13.4. The van der Waals surface area contributed by atoms with E-state index in [4.69, 9.17) is 5.11 Å². The third-order valence-electron chi connectivity index (χ3n) is 4.26. The van der Waals surface area contributed by atoms with Crippen molar-refractivity contribution in [1.29, 1.82) is 0 Å². The molecule has 0 unspecified atom stereocenters. The fourth-order valence-electron chi connectivity index (χ4n) is 2.85. The summed E-state index contributed by atoms with van der Waals surface area (Å²) in [4.78, 5) is 24.8. The Morgan fingerprint density at radius 2 is 1.46 bits per heavy atom. The predicted molar refractivity (Wildman–Crippen MR) is 103 cm³/mol. The van der Waals surface area contributed by atoms with Crippen molar-refractivity contribution in [3.05, 3.63) is 95.5 Å². The van der Waals surface area contributed by atoms with Gasteiger partial charge in [0.25, 0.3) is 5.91 Å². The molecular weight excluding hydrogens is 361 g/mol. The molecule has 0 saturated carbocycles. The van der Waals surface area contributed by atoms with Crippen LogP contribution in [0.25, 0.3) is 10.8 Å². The van der Waals surface area contributed by atoms with Crippen molar-refractivity contribution in [2.45, 2.75) is 13.1 Å². The molecule has 0 aliphatic carbocycles. The Kier molecular flexibility index (Phi) is 5.69. The van der Waals surface area contributed by atoms with Crippen LogP contribution in [0.3, 0.4) is 0 Å². The average Bonchev–Trinajstić information content (AvgIpc) is 2.68. The fraction of sp³-hybridized carbons (Fsp3) is 0.0909. The van der Waals surface area contributed by atoms with Crippen molar-refractivity contribution in [2.24, 2.45) is 0 Å². The number of carbonyl (C=O) groups excluding carboxylic acids is 1. The minimum Gasteiger partial charge on any atom is -0.502 e. The molecule has 0 bridgehead atoms. The molecular formula is C22H18FNO4. The summed E-state index contributed by atoms with van der Waals surface area (Å²) in [7, 11) is 0. The highest BCUT2D eigenvalue weighted by Crippen LogP contribution is 2.18. The number of carboxylic acid groups (broad SMARTS) is 1. The number of carbonyl (C=O) groups is 2. The number of halogens is 1. The summed E-state index contributed by atoms with van der Waals surface area (Å²) >= 11 is 0. The van der Waals surface area contributed by atoms with Crippen LogP contribution in [0.15, 0.2) is 78.6 Å². The summed E-state index contributed by atoms with van der Waals surface area (Å²) in [5.41, 5.74) is 1.52. The normalized spacial score (nSPS) is 11.4. The van der Waals surface area contributed by atoms with Gasteiger partial charge in [-0.1, -0.05) is 48.5 Å². The van der Waals surface area contributed by atoms with Crippen LogP contribution in [0.1, 0.15) is 11.1 Å². The lowest BCUT2D eigenvalue weighted by Crippen LogP contribution is -2.29. The largest absolute Gasteiger partial charge is 0.502 e. The Morgan fingerprint density at radius 1 is 0.857 bits per heavy atom. The maximum absolute atomic E-state index is 13.2. The Hall–Kier alpha value is -3.67. The molecule has 0 aromatic heterocycles. The van der Waals surface area contributed by atoms with E-state index in [1.165, 1.54) is 17.0 Å². The molecule has 0 aliphatic rings. The topological polar surface area (TPSA) is 77.8 Å². The van der Waals surface area contributed by atoms with Crippen molar-refractivity contribution in [3.8, 4) is 0 Å². The summed E-state index contributed by atoms with van der Waals surface area (Å²) in [6.45, 7) is 0.333. The third kappa shape index (κ3) is 4.73. The molecule has 0 radical (unpaired) electrons. The Balaban J connectivity index is 1.89. The molecule has 0 fully saturated rings. The SMILES string of the molecule is O=C(O)C(O)=CC(=O)N(Cc1ccc(F)cc1)Cc1ccc2ccccc2c1. The van der Waals surface area contributed by atoms with Crippen LogP contribution >= 0.6 is 0 Å². The van der Waals surface area contributed by atoms with Crippen LogP contribution in [0.4, 0.5) is 4.39 Å². The van der Waals surface area contributed by atoms with Crippen LogP contribution in [0.5, 0.6) is 0 Å². The van der Waals surface area contributed by atoms with Gasteiger partial charge >= 0.3 is 5.97 Å². The number of aliphatic carboxylic acids is 1. The number of nitrogens with zero attached hydrogens (tertiary/aromatic N) is 1. The Labute approximate surface area is 161 Å². The van der Waals surface area contributed by atoms with E-state index in [2.05, 4.69) is 0 Å². The Morgan fingerprint density at radius 3 is 2.14 bits per heavy atom. The summed E-state index contributed by atoms with van der Waals surface area (Å²) in [5, 5.41) is 20.3. The van der Waals surface area contributed by atoms with E-state index in [0.29, 0.717) is 11.6 Å². The molecule has 5 nitrogen and oxygen atoms in total. The molecule has 0 heterocycles. The van der Waals surface area contributed by atoms with Crippen LogP contribution in [-0.2, 0) is 22.7 Å². The van der Waals surface area contributed by atoms with Crippen molar-refractivity contribution in [1.82, 2.24) is 4.90 Å². The Bertz CT molecular complexity index is 1040. The van der Waals surface area contributed by atoms with Crippen LogP contribution in [-0.4, -0.2) is 27.0 Å². The van der Waals surface area contributed by atoms with E-state index in [9.17, 15) is 19.1 Å². The highest BCUT2D eigenvalue weighted by atomic mass is 19.1. The monoisotopic (exact) mass is 379 g/mol. The number of hydrogen-bond acceptors (Lipinski definition) is 3. The van der Waals surface area contributed by atoms with Crippen LogP contribution in [0.2, 0.25) is 0 Å². The number of aliphatic hydroxyl groups excluding tert-OH is 1. The molecule has 0 aliphatic heterocycles. The number of amides is 1. The standard InChI is InChI=1S/C22H18FNO4/c23-19-9-6-15(7-10-19)13-24(21(26)12-20(25)22(27)28)14-16-5-8-17-3-1-2-4-18(17)11-16/h1-12,25H,13-14H2,(H,27,28). The van der Waals surface area contributed by atoms with Gasteiger partial charge in [-0.2, -0.15) is 0 Å². The first-order valence-corrected chi connectivity index (χ1v) is 8.57. The maximum Gasteiger partial charge on any atom is 0.371 e. The number of hydrogen-bond donors (Lipinski definition) is 2. The van der Waals surface area contributed by atoms with E-state index in [-0.39, 0.29) is 18.9 Å². The molecule has 0 atom stereocenters. The number of aliphatic hydroxyl groups is 1. The van der Waals surface area contributed by atoms with Crippen LogP contribution < -0.4 is 0 Å². The zero-order valence-corrected chi connectivity index (χ0v) is 14.9. The smallest absolute Gasteiger partial charge is 0.371 e. The molecule has 2 N–H and O–H groups in total. The van der Waals surface area contributed by atoms with E-state index in [0.717, 1.165) is 16.3 Å². The highest BCUT2D eigenvalue weighted by molar-refractivity contribution is 5.96. The quantitative estimate of drug-likeness (QED) is 0.501. The molecule has 28 heavy (non-hydrogen) atoms. The van der Waals surface area contributed by atoms with Gasteiger partial charge in [0.1, 0.15) is 5.82 Å². The molecule has 6 heteroatoms. The fourth-order valence-corrected chi connectivity index (χ4v) is 2.85. The minimum atomic E-state index is -1.58. The van der Waals surface area contributed by atoms with E-state index in [1.807, 2.05) is 42.5 Å². The number of carboxylic acids is 1. The van der Waals surface area contributed by atoms with Gasteiger partial charge in [-0.05, 0) is 40.1 Å². The minimum absolute atomic E-state index is 0.134. The molecule has 1 amide bonds. The van der Waals surface area contributed by atoms with Crippen LogP contribution in [0, 0.1) is 5.82 Å². The summed E-state index contributed by atoms with van der Waals surface area (Å²) in [6, 6.07) is 19.2. The second kappa shape index (κ2) is 8.35. The lowest BCUT2D eigenvalue weighted by Gasteiger charge is -2.22. The first-order valence-electron chi connectivity index (χ1n) is 8.57. The molecule has 0 spiro atoms. The van der Waals surface area contributed by atoms with E-state index >= 15 is 0 Å². The molecule has 3 aromatic rings. The van der Waals surface area contributed by atoms with E-state index < -0.39 is 17.6 Å². The van der Waals surface area contributed by atoms with Gasteiger partial charge in [-0.25, -0.2) is 9.18 Å². The number of rotatable bonds is 6. The molecule has 3 aromatic carbocycles.